The molecule has 0 N–H and O–H groups in total. The molecule has 0 atom stereocenters. The predicted octanol–water partition coefficient (Wildman–Crippen LogP) is 3.45. The van der Waals surface area contributed by atoms with Gasteiger partial charge in [0.2, 0.25) is 0 Å². The van der Waals surface area contributed by atoms with Crippen LogP contribution in [0.2, 0.25) is 5.15 Å². The van der Waals surface area contributed by atoms with Crippen LogP contribution in [0.4, 0.5) is 0 Å². The first-order valence-electron chi connectivity index (χ1n) is 5.08. The predicted molar refractivity (Wildman–Crippen MR) is 64.2 cm³/mol. The number of hydrogen-bond donors (Lipinski definition) is 0. The number of halogens is 1. The zero-order valence-electron chi connectivity index (χ0n) is 8.77. The van der Waals surface area contributed by atoms with Crippen molar-refractivity contribution in [2.45, 2.75) is 13.2 Å². The van der Waals surface area contributed by atoms with E-state index in [-0.39, 0.29) is 0 Å². The van der Waals surface area contributed by atoms with Gasteiger partial charge in [0.15, 0.2) is 0 Å². The van der Waals surface area contributed by atoms with Gasteiger partial charge in [-0.05, 0) is 17.7 Å². The van der Waals surface area contributed by atoms with Gasteiger partial charge in [-0.3, -0.25) is 0 Å². The summed E-state index contributed by atoms with van der Waals surface area (Å²) in [5.74, 6) is 0. The van der Waals surface area contributed by atoms with Gasteiger partial charge in [0.1, 0.15) is 5.15 Å². The fraction of sp³-hybridized carbons (Fsp3) is 0.154. The molecular formula is C13H12ClNO. The molecule has 1 aromatic carbocycles. The summed E-state index contributed by atoms with van der Waals surface area (Å²) in [4.78, 5) is 4.14. The molecule has 0 unspecified atom stereocenters. The lowest BCUT2D eigenvalue weighted by Gasteiger charge is -2.04. The Morgan fingerprint density at radius 1 is 0.938 bits per heavy atom. The largest absolute Gasteiger partial charge is 0.370 e. The number of hydrogen-bond acceptors (Lipinski definition) is 2. The van der Waals surface area contributed by atoms with Crippen molar-refractivity contribution in [3.8, 4) is 0 Å². The van der Waals surface area contributed by atoms with Crippen molar-refractivity contribution in [2.75, 3.05) is 0 Å². The van der Waals surface area contributed by atoms with Crippen LogP contribution in [-0.4, -0.2) is 4.98 Å². The van der Waals surface area contributed by atoms with Crippen LogP contribution < -0.4 is 0 Å². The third-order valence-corrected chi connectivity index (χ3v) is 2.34. The molecule has 0 bridgehead atoms. The van der Waals surface area contributed by atoms with Crippen LogP contribution in [0.1, 0.15) is 11.3 Å². The zero-order valence-corrected chi connectivity index (χ0v) is 9.52. The number of aromatic nitrogens is 1. The van der Waals surface area contributed by atoms with Crippen molar-refractivity contribution in [1.29, 1.82) is 0 Å². The summed E-state index contributed by atoms with van der Waals surface area (Å²) < 4.78 is 5.54. The molecule has 0 spiro atoms. The van der Waals surface area contributed by atoms with Crippen LogP contribution in [-0.2, 0) is 18.0 Å². The van der Waals surface area contributed by atoms with E-state index in [9.17, 15) is 0 Å². The second kappa shape index (κ2) is 5.64. The van der Waals surface area contributed by atoms with Crippen molar-refractivity contribution in [3.05, 3.63) is 64.9 Å². The lowest BCUT2D eigenvalue weighted by molar-refractivity contribution is 0.104. The second-order valence-corrected chi connectivity index (χ2v) is 3.82. The van der Waals surface area contributed by atoms with Crippen molar-refractivity contribution in [2.24, 2.45) is 0 Å². The highest BCUT2D eigenvalue weighted by molar-refractivity contribution is 6.29. The molecule has 3 heteroatoms. The fourth-order valence-electron chi connectivity index (χ4n) is 1.38. The van der Waals surface area contributed by atoms with Gasteiger partial charge in [-0.15, -0.1) is 0 Å². The molecule has 2 aromatic rings. The quantitative estimate of drug-likeness (QED) is 0.755. The average molecular weight is 234 g/mol. The fourth-order valence-corrected chi connectivity index (χ4v) is 1.56. The average Bonchev–Trinajstić information content (AvgIpc) is 2.30. The normalized spacial score (nSPS) is 10.3. The monoisotopic (exact) mass is 233 g/mol. The molecule has 2 nitrogen and oxygen atoms in total. The Bertz CT molecular complexity index is 445. The van der Waals surface area contributed by atoms with E-state index in [2.05, 4.69) is 4.98 Å². The van der Waals surface area contributed by atoms with Gasteiger partial charge in [0.05, 0.1) is 18.9 Å². The molecule has 0 saturated heterocycles. The van der Waals surface area contributed by atoms with E-state index in [1.54, 1.807) is 6.07 Å². The minimum absolute atomic E-state index is 0.482. The van der Waals surface area contributed by atoms with E-state index in [1.807, 2.05) is 42.5 Å². The summed E-state index contributed by atoms with van der Waals surface area (Å²) in [5, 5.41) is 0.501. The first-order valence-corrected chi connectivity index (χ1v) is 5.45. The van der Waals surface area contributed by atoms with Crippen molar-refractivity contribution >= 4 is 11.6 Å². The van der Waals surface area contributed by atoms with E-state index in [4.69, 9.17) is 16.3 Å². The first-order chi connectivity index (χ1) is 7.84. The Hall–Kier alpha value is -1.38. The standard InChI is InChI=1S/C13H12ClNO/c14-13-8-4-7-12(15-13)10-16-9-11-5-2-1-3-6-11/h1-8H,9-10H2. The Labute approximate surface area is 99.9 Å². The third kappa shape index (κ3) is 3.33. The maximum Gasteiger partial charge on any atom is 0.129 e. The highest BCUT2D eigenvalue weighted by Gasteiger charge is 1.96. The molecule has 0 aliphatic carbocycles. The third-order valence-electron chi connectivity index (χ3n) is 2.13. The van der Waals surface area contributed by atoms with Crippen molar-refractivity contribution < 1.29 is 4.74 Å². The Kier molecular flexibility index (Phi) is 3.91. The molecule has 0 fully saturated rings. The van der Waals surface area contributed by atoms with E-state index >= 15 is 0 Å². The van der Waals surface area contributed by atoms with Crippen molar-refractivity contribution in [3.63, 3.8) is 0 Å². The van der Waals surface area contributed by atoms with Gasteiger partial charge in [-0.1, -0.05) is 48.0 Å². The Morgan fingerprint density at radius 2 is 1.75 bits per heavy atom. The molecule has 82 valence electrons. The van der Waals surface area contributed by atoms with Gasteiger partial charge in [-0.25, -0.2) is 4.98 Å². The number of rotatable bonds is 4. The van der Waals surface area contributed by atoms with Crippen LogP contribution in [0.3, 0.4) is 0 Å². The van der Waals surface area contributed by atoms with Crippen LogP contribution in [0.5, 0.6) is 0 Å². The molecule has 1 aromatic heterocycles. The summed E-state index contributed by atoms with van der Waals surface area (Å²) in [6, 6.07) is 15.6. The summed E-state index contributed by atoms with van der Waals surface area (Å²) >= 11 is 5.77. The summed E-state index contributed by atoms with van der Waals surface area (Å²) in [6.07, 6.45) is 0. The molecular weight excluding hydrogens is 222 g/mol. The molecule has 0 amide bonds. The lowest BCUT2D eigenvalue weighted by Crippen LogP contribution is -1.96. The Morgan fingerprint density at radius 3 is 2.50 bits per heavy atom. The summed E-state index contributed by atoms with van der Waals surface area (Å²) in [6.45, 7) is 1.07. The van der Waals surface area contributed by atoms with E-state index in [0.29, 0.717) is 18.4 Å². The zero-order chi connectivity index (χ0) is 11.2. The molecule has 2 rings (SSSR count). The lowest BCUT2D eigenvalue weighted by atomic mass is 10.2. The first kappa shape index (κ1) is 11.1. The number of benzene rings is 1. The maximum atomic E-state index is 5.77. The van der Waals surface area contributed by atoms with Gasteiger partial charge < -0.3 is 4.74 Å². The van der Waals surface area contributed by atoms with E-state index in [0.717, 1.165) is 11.3 Å². The van der Waals surface area contributed by atoms with Gasteiger partial charge in [0, 0.05) is 0 Å². The minimum Gasteiger partial charge on any atom is -0.370 e. The Balaban J connectivity index is 1.85. The number of nitrogens with zero attached hydrogens (tertiary/aromatic N) is 1. The van der Waals surface area contributed by atoms with Gasteiger partial charge in [-0.2, -0.15) is 0 Å². The minimum atomic E-state index is 0.482. The molecule has 0 saturated carbocycles. The summed E-state index contributed by atoms with van der Waals surface area (Å²) in [5.41, 5.74) is 2.01. The van der Waals surface area contributed by atoms with Crippen molar-refractivity contribution in [1.82, 2.24) is 4.98 Å². The van der Waals surface area contributed by atoms with Crippen LogP contribution in [0.25, 0.3) is 0 Å². The van der Waals surface area contributed by atoms with E-state index in [1.165, 1.54) is 0 Å². The number of ether oxygens (including phenoxy) is 1. The topological polar surface area (TPSA) is 22.1 Å². The van der Waals surface area contributed by atoms with Crippen LogP contribution >= 0.6 is 11.6 Å². The SMILES string of the molecule is Clc1cccc(COCc2ccccc2)n1. The maximum absolute atomic E-state index is 5.77. The van der Waals surface area contributed by atoms with Crippen LogP contribution in [0.15, 0.2) is 48.5 Å². The van der Waals surface area contributed by atoms with Gasteiger partial charge >= 0.3 is 0 Å². The smallest absolute Gasteiger partial charge is 0.129 e. The van der Waals surface area contributed by atoms with E-state index < -0.39 is 0 Å². The van der Waals surface area contributed by atoms with Gasteiger partial charge in [0.25, 0.3) is 0 Å². The number of pyridine rings is 1. The second-order valence-electron chi connectivity index (χ2n) is 3.43. The molecule has 1 heterocycles. The molecule has 0 aliphatic rings. The highest BCUT2D eigenvalue weighted by Crippen LogP contribution is 2.07. The molecule has 0 aliphatic heterocycles. The highest BCUT2D eigenvalue weighted by atomic mass is 35.5. The van der Waals surface area contributed by atoms with Crippen LogP contribution in [0, 0.1) is 0 Å². The molecule has 0 radical (unpaired) electrons. The molecule has 16 heavy (non-hydrogen) atoms. The summed E-state index contributed by atoms with van der Waals surface area (Å²) in [7, 11) is 0.